The average molecular weight is 949 g/mol. The zero-order chi connectivity index (χ0) is 45.3. The Kier molecular flexibility index (Phi) is 17.5. The number of ether oxygens (including phenoxy) is 4. The van der Waals surface area contributed by atoms with Crippen molar-refractivity contribution in [3.8, 4) is 5.75 Å². The molecule has 61 heavy (non-hydrogen) atoms. The normalized spacial score (nSPS) is 44.2. The minimum Gasteiger partial charge on any atom is -0.506 e. The van der Waals surface area contributed by atoms with Crippen LogP contribution in [0.3, 0.4) is 0 Å². The molecule has 0 aliphatic carbocycles. The molecule has 4 aliphatic rings. The van der Waals surface area contributed by atoms with E-state index in [0.29, 0.717) is 23.5 Å². The van der Waals surface area contributed by atoms with Gasteiger partial charge in [-0.2, -0.15) is 0 Å². The molecule has 4 saturated heterocycles. The number of hydrogen-bond donors (Lipinski definition) is 19. The number of rotatable bonds is 10. The minimum absolute atomic E-state index is 0.331. The fourth-order valence-electron chi connectivity index (χ4n) is 7.13. The van der Waals surface area contributed by atoms with E-state index in [2.05, 4.69) is 25.3 Å². The molecule has 346 valence electrons. The summed E-state index contributed by atoms with van der Waals surface area (Å²) in [5.74, 6) is -0.992. The SMILES string of the molecule is OC[C@H]1O[C@@H](Sc2cc([C@]3(S)O[C@H](CO)[C@@H](O)[C@H](O)[C@H]3O)c(S[C@@H]3O[C@H](CO)[C@@H](O)[C@H](O)[C@H]3O)c([C@]3(S)O[C@H](CO)[C@@H](O)[C@H](O)[C@H]3O)c2O)[C@H](O)[C@@H](O)[C@@H]1O.c1ccccc1. The van der Waals surface area contributed by atoms with E-state index >= 15 is 0 Å². The van der Waals surface area contributed by atoms with Gasteiger partial charge in [0, 0.05) is 10.5 Å². The second kappa shape index (κ2) is 21.0. The highest BCUT2D eigenvalue weighted by atomic mass is 32.2. The Labute approximate surface area is 367 Å². The third-order valence-electron chi connectivity index (χ3n) is 10.7. The number of aromatic hydroxyl groups is 1. The molecule has 0 aromatic heterocycles. The molecule has 0 unspecified atom stereocenters. The van der Waals surface area contributed by atoms with Crippen molar-refractivity contribution in [2.24, 2.45) is 0 Å². The van der Waals surface area contributed by atoms with Crippen LogP contribution >= 0.6 is 48.8 Å². The molecule has 2 aromatic carbocycles. The lowest BCUT2D eigenvalue weighted by Crippen LogP contribution is -2.62. The standard InChI is InChI=1S/C30H46O21S4.C6H6/c31-2-7-13(35)18(40)22(44)27(48-7)54-11-1-6(29(52)25(46)20(42)15(37)9(4-33)50-29)24(55-28-23(45)19(41)14(36)8(3-32)49-28)12(17(11)39)30(53)26(47)21(43)16(38)10(5-34)51-30;1-2-4-6-5-3-1/h1,7-10,13-16,18-23,25-28,31-47,52-53H,2-5H2;1-6H/t7-,8-,9-,10-,13-,14-,15-,16-,18+,19+,20+,21+,22-,23-,25-,26-,27+,28+,29-,30-;/m1./s1. The van der Waals surface area contributed by atoms with Crippen LogP contribution in [-0.2, 0) is 28.8 Å². The summed E-state index contributed by atoms with van der Waals surface area (Å²) in [5.41, 5.74) is -4.69. The molecule has 0 amide bonds. The van der Waals surface area contributed by atoms with Gasteiger partial charge in [-0.25, -0.2) is 0 Å². The van der Waals surface area contributed by atoms with Crippen LogP contribution in [0, 0.1) is 0 Å². The van der Waals surface area contributed by atoms with Gasteiger partial charge in [-0.15, -0.1) is 25.3 Å². The van der Waals surface area contributed by atoms with Crippen molar-refractivity contribution < 1.29 is 106 Å². The average Bonchev–Trinajstić information content (AvgIpc) is 3.26. The predicted octanol–water partition coefficient (Wildman–Crippen LogP) is -6.02. The minimum atomic E-state index is -2.77. The Bertz CT molecular complexity index is 1690. The van der Waals surface area contributed by atoms with E-state index in [1.54, 1.807) is 0 Å². The van der Waals surface area contributed by atoms with Crippen LogP contribution in [0.2, 0.25) is 0 Å². The molecule has 4 heterocycles. The summed E-state index contributed by atoms with van der Waals surface area (Å²) in [7, 11) is 0. The van der Waals surface area contributed by atoms with E-state index in [9.17, 15) is 86.8 Å². The lowest BCUT2D eigenvalue weighted by atomic mass is 9.86. The first-order chi connectivity index (χ1) is 28.7. The monoisotopic (exact) mass is 948 g/mol. The van der Waals surface area contributed by atoms with Gasteiger partial charge in [-0.1, -0.05) is 59.9 Å². The second-order valence-corrected chi connectivity index (χ2v) is 18.3. The van der Waals surface area contributed by atoms with E-state index < -0.39 is 171 Å². The number of aliphatic hydroxyl groups excluding tert-OH is 16. The Morgan fingerprint density at radius 3 is 1.25 bits per heavy atom. The molecule has 21 nitrogen and oxygen atoms in total. The maximum Gasteiger partial charge on any atom is 0.170 e. The fraction of sp³-hybridized carbons (Fsp3) is 0.667. The van der Waals surface area contributed by atoms with Crippen LogP contribution in [0.15, 0.2) is 52.3 Å². The van der Waals surface area contributed by atoms with Crippen LogP contribution < -0.4 is 0 Å². The highest BCUT2D eigenvalue weighted by molar-refractivity contribution is 8.00. The number of phenols is 1. The molecule has 0 bridgehead atoms. The maximum absolute atomic E-state index is 12.2. The number of phenolic OH excluding ortho intramolecular Hbond substituents is 1. The molecule has 25 heteroatoms. The molecule has 0 saturated carbocycles. The van der Waals surface area contributed by atoms with Crippen molar-refractivity contribution in [2.45, 2.75) is 128 Å². The molecule has 0 spiro atoms. The summed E-state index contributed by atoms with van der Waals surface area (Å²) in [4.78, 5) is -6.41. The topological polar surface area (TPSA) is 381 Å². The highest BCUT2D eigenvalue weighted by Gasteiger charge is 2.59. The van der Waals surface area contributed by atoms with Gasteiger partial charge >= 0.3 is 0 Å². The number of thioether (sulfide) groups is 2. The molecule has 4 aliphatic heterocycles. The van der Waals surface area contributed by atoms with E-state index in [1.807, 2.05) is 36.4 Å². The first kappa shape index (κ1) is 50.8. The number of aliphatic hydroxyl groups is 16. The van der Waals surface area contributed by atoms with E-state index in [1.165, 1.54) is 0 Å². The highest BCUT2D eigenvalue weighted by Crippen LogP contribution is 2.58. The molecular weight excluding hydrogens is 897 g/mol. The second-order valence-electron chi connectivity index (χ2n) is 14.7. The van der Waals surface area contributed by atoms with Gasteiger partial charge in [0.1, 0.15) is 114 Å². The first-order valence-electron chi connectivity index (χ1n) is 18.7. The Morgan fingerprint density at radius 1 is 0.475 bits per heavy atom. The maximum atomic E-state index is 12.2. The molecule has 20 atom stereocenters. The molecular formula is C36H52O21S4. The summed E-state index contributed by atoms with van der Waals surface area (Å²) < 4.78 is 23.0. The first-order valence-corrected chi connectivity index (χ1v) is 21.3. The van der Waals surface area contributed by atoms with Gasteiger partial charge < -0.3 is 106 Å². The van der Waals surface area contributed by atoms with E-state index in [-0.39, 0.29) is 0 Å². The molecule has 6 rings (SSSR count). The number of hydrogen-bond acceptors (Lipinski definition) is 25. The largest absolute Gasteiger partial charge is 0.506 e. The summed E-state index contributed by atoms with van der Waals surface area (Å²) in [6.45, 7) is -3.76. The lowest BCUT2D eigenvalue weighted by Gasteiger charge is -2.50. The summed E-state index contributed by atoms with van der Waals surface area (Å²) in [6.07, 6.45) is -30.8. The van der Waals surface area contributed by atoms with Crippen LogP contribution in [0.5, 0.6) is 5.75 Å². The number of benzene rings is 2. The van der Waals surface area contributed by atoms with Crippen molar-refractivity contribution in [1.82, 2.24) is 0 Å². The Balaban J connectivity index is 0.00000108. The van der Waals surface area contributed by atoms with Crippen molar-refractivity contribution in [1.29, 1.82) is 0 Å². The summed E-state index contributed by atoms with van der Waals surface area (Å²) in [6, 6.07) is 13.0. The Morgan fingerprint density at radius 2 is 0.836 bits per heavy atom. The van der Waals surface area contributed by atoms with Crippen LogP contribution in [0.4, 0.5) is 0 Å². The van der Waals surface area contributed by atoms with Gasteiger partial charge in [-0.3, -0.25) is 0 Å². The van der Waals surface area contributed by atoms with E-state index in [4.69, 9.17) is 18.9 Å². The molecule has 2 aromatic rings. The number of thiol groups is 2. The van der Waals surface area contributed by atoms with Crippen LogP contribution in [-0.4, -0.2) is 222 Å². The van der Waals surface area contributed by atoms with Crippen molar-refractivity contribution in [3.63, 3.8) is 0 Å². The van der Waals surface area contributed by atoms with Crippen molar-refractivity contribution in [3.05, 3.63) is 53.6 Å². The zero-order valence-corrected chi connectivity index (χ0v) is 35.1. The van der Waals surface area contributed by atoms with Gasteiger partial charge in [0.2, 0.25) is 0 Å². The summed E-state index contributed by atoms with van der Waals surface area (Å²) in [5, 5.41) is 182. The lowest BCUT2D eigenvalue weighted by molar-refractivity contribution is -0.248. The van der Waals surface area contributed by atoms with Gasteiger partial charge in [0.05, 0.1) is 36.9 Å². The molecule has 4 fully saturated rings. The van der Waals surface area contributed by atoms with E-state index in [0.717, 1.165) is 6.07 Å². The van der Waals surface area contributed by atoms with Gasteiger partial charge in [0.25, 0.3) is 0 Å². The predicted molar refractivity (Wildman–Crippen MR) is 215 cm³/mol. The van der Waals surface area contributed by atoms with Crippen molar-refractivity contribution in [2.75, 3.05) is 26.4 Å². The van der Waals surface area contributed by atoms with Gasteiger partial charge in [0.15, 0.2) is 9.87 Å². The van der Waals surface area contributed by atoms with Crippen LogP contribution in [0.25, 0.3) is 0 Å². The van der Waals surface area contributed by atoms with Gasteiger partial charge in [-0.05, 0) is 6.07 Å². The summed E-state index contributed by atoms with van der Waals surface area (Å²) >= 11 is 9.76. The molecule has 0 radical (unpaired) electrons. The zero-order valence-electron chi connectivity index (χ0n) is 31.7. The van der Waals surface area contributed by atoms with Crippen molar-refractivity contribution >= 4 is 48.8 Å². The third kappa shape index (κ3) is 9.86. The Hall–Kier alpha value is -1.16. The molecule has 17 N–H and O–H groups in total. The third-order valence-corrected chi connectivity index (χ3v) is 14.4. The van der Waals surface area contributed by atoms with Crippen LogP contribution in [0.1, 0.15) is 11.1 Å². The fourth-order valence-corrected chi connectivity index (χ4v) is 10.8. The smallest absolute Gasteiger partial charge is 0.170 e. The quantitative estimate of drug-likeness (QED) is 0.0986.